The molecule has 180 valence electrons. The standard InChI is InChI=1S/C24H23F2N7O2/c1-13-9-32(11-19(35-13)14-8-28-33(10-14)16-4-5-16)24-29-20(17-6-3-15(25)7-18(17)26)21-22(30-24)23(34)31(2)12-27-21/h3,6-8,10,12-13,16,19H,4-5,9,11H2,1-2H3/t13-,19+/m1/s1. The van der Waals surface area contributed by atoms with E-state index in [1.165, 1.54) is 17.0 Å². The zero-order valence-electron chi connectivity index (χ0n) is 19.2. The van der Waals surface area contributed by atoms with Crippen LogP contribution < -0.4 is 10.5 Å². The first-order valence-corrected chi connectivity index (χ1v) is 11.5. The highest BCUT2D eigenvalue weighted by Gasteiger charge is 2.32. The minimum atomic E-state index is -0.792. The van der Waals surface area contributed by atoms with Crippen molar-refractivity contribution in [3.05, 3.63) is 64.5 Å². The molecule has 0 unspecified atom stereocenters. The van der Waals surface area contributed by atoms with Gasteiger partial charge in [-0.1, -0.05) is 0 Å². The SMILES string of the molecule is C[C@@H]1CN(c2nc(-c3ccc(F)cc3F)c3ncn(C)c(=O)c3n2)C[C@@H](c2cnn(C3CC3)c2)O1. The molecule has 0 radical (unpaired) electrons. The molecule has 2 aliphatic rings. The molecule has 0 spiro atoms. The van der Waals surface area contributed by atoms with E-state index >= 15 is 0 Å². The zero-order chi connectivity index (χ0) is 24.3. The number of halogens is 2. The van der Waals surface area contributed by atoms with Gasteiger partial charge in [-0.3, -0.25) is 9.48 Å². The second-order valence-corrected chi connectivity index (χ2v) is 9.18. The molecule has 0 bridgehead atoms. The maximum absolute atomic E-state index is 14.8. The normalized spacial score (nSPS) is 20.5. The highest BCUT2D eigenvalue weighted by atomic mass is 19.1. The molecule has 3 aromatic heterocycles. The van der Waals surface area contributed by atoms with Crippen molar-refractivity contribution in [1.82, 2.24) is 29.3 Å². The van der Waals surface area contributed by atoms with Gasteiger partial charge in [-0.2, -0.15) is 5.10 Å². The Hall–Kier alpha value is -3.73. The summed E-state index contributed by atoms with van der Waals surface area (Å²) in [5.74, 6) is -1.24. The van der Waals surface area contributed by atoms with Crippen LogP contribution in [0.15, 0.2) is 41.7 Å². The van der Waals surface area contributed by atoms with E-state index in [4.69, 9.17) is 4.74 Å². The van der Waals surface area contributed by atoms with Crippen LogP contribution in [0, 0.1) is 11.6 Å². The molecule has 1 saturated heterocycles. The van der Waals surface area contributed by atoms with Crippen LogP contribution in [0.2, 0.25) is 0 Å². The lowest BCUT2D eigenvalue weighted by molar-refractivity contribution is -0.0178. The van der Waals surface area contributed by atoms with E-state index in [2.05, 4.69) is 20.1 Å². The fraction of sp³-hybridized carbons (Fsp3) is 0.375. The Morgan fingerprint density at radius 1 is 1.11 bits per heavy atom. The van der Waals surface area contributed by atoms with Crippen molar-refractivity contribution in [2.45, 2.75) is 38.0 Å². The van der Waals surface area contributed by atoms with Crippen LogP contribution in [0.4, 0.5) is 14.7 Å². The Balaban J connectivity index is 1.45. The third-order valence-electron chi connectivity index (χ3n) is 6.40. The number of benzene rings is 1. The van der Waals surface area contributed by atoms with E-state index in [1.807, 2.05) is 28.9 Å². The van der Waals surface area contributed by atoms with Gasteiger partial charge in [0, 0.05) is 37.0 Å². The molecule has 1 aliphatic carbocycles. The van der Waals surface area contributed by atoms with Crippen molar-refractivity contribution in [3.63, 3.8) is 0 Å². The molecule has 35 heavy (non-hydrogen) atoms. The predicted molar refractivity (Wildman–Crippen MR) is 124 cm³/mol. The van der Waals surface area contributed by atoms with Crippen LogP contribution in [0.1, 0.15) is 37.5 Å². The van der Waals surface area contributed by atoms with E-state index in [-0.39, 0.29) is 46.0 Å². The summed E-state index contributed by atoms with van der Waals surface area (Å²) in [7, 11) is 1.57. The van der Waals surface area contributed by atoms with Crippen LogP contribution in [0.3, 0.4) is 0 Å². The van der Waals surface area contributed by atoms with Gasteiger partial charge in [-0.05, 0) is 31.9 Å². The summed E-state index contributed by atoms with van der Waals surface area (Å²) in [6, 6.07) is 3.69. The third kappa shape index (κ3) is 3.95. The summed E-state index contributed by atoms with van der Waals surface area (Å²) >= 11 is 0. The van der Waals surface area contributed by atoms with Crippen molar-refractivity contribution < 1.29 is 13.5 Å². The van der Waals surface area contributed by atoms with E-state index in [9.17, 15) is 13.6 Å². The molecular formula is C24H23F2N7O2. The molecule has 1 aromatic carbocycles. The van der Waals surface area contributed by atoms with Gasteiger partial charge in [0.05, 0.1) is 31.2 Å². The molecule has 0 N–H and O–H groups in total. The summed E-state index contributed by atoms with van der Waals surface area (Å²) in [6.45, 7) is 2.86. The van der Waals surface area contributed by atoms with Crippen LogP contribution in [0.5, 0.6) is 0 Å². The number of rotatable bonds is 4. The lowest BCUT2D eigenvalue weighted by Crippen LogP contribution is -2.43. The largest absolute Gasteiger partial charge is 0.367 e. The van der Waals surface area contributed by atoms with Gasteiger partial charge in [-0.15, -0.1) is 0 Å². The first-order valence-electron chi connectivity index (χ1n) is 11.5. The van der Waals surface area contributed by atoms with Crippen molar-refractivity contribution in [2.24, 2.45) is 7.05 Å². The minimum Gasteiger partial charge on any atom is -0.367 e. The summed E-state index contributed by atoms with van der Waals surface area (Å²) in [4.78, 5) is 28.3. The zero-order valence-corrected chi connectivity index (χ0v) is 19.2. The van der Waals surface area contributed by atoms with E-state index in [0.29, 0.717) is 19.1 Å². The van der Waals surface area contributed by atoms with Crippen LogP contribution in [-0.4, -0.2) is 48.5 Å². The Labute approximate surface area is 199 Å². The van der Waals surface area contributed by atoms with Gasteiger partial charge in [0.1, 0.15) is 28.9 Å². The Morgan fingerprint density at radius 2 is 1.94 bits per heavy atom. The highest BCUT2D eigenvalue weighted by molar-refractivity contribution is 5.89. The Morgan fingerprint density at radius 3 is 2.71 bits per heavy atom. The molecule has 4 aromatic rings. The number of anilines is 1. The number of hydrogen-bond donors (Lipinski definition) is 0. The topological polar surface area (TPSA) is 91.0 Å². The number of nitrogens with zero attached hydrogens (tertiary/aromatic N) is 7. The van der Waals surface area contributed by atoms with E-state index in [0.717, 1.165) is 30.5 Å². The molecule has 4 heterocycles. The van der Waals surface area contributed by atoms with Crippen LogP contribution in [0.25, 0.3) is 22.3 Å². The molecule has 1 aliphatic heterocycles. The Bertz CT molecular complexity index is 1500. The molecule has 2 fully saturated rings. The van der Waals surface area contributed by atoms with Crippen LogP contribution in [-0.2, 0) is 11.8 Å². The van der Waals surface area contributed by atoms with Crippen molar-refractivity contribution >= 4 is 17.0 Å². The summed E-state index contributed by atoms with van der Waals surface area (Å²) in [6.07, 6.45) is 7.01. The smallest absolute Gasteiger partial charge is 0.279 e. The number of aryl methyl sites for hydroxylation is 1. The molecule has 1 saturated carbocycles. The van der Waals surface area contributed by atoms with E-state index < -0.39 is 11.6 Å². The predicted octanol–water partition coefficient (Wildman–Crippen LogP) is 3.17. The lowest BCUT2D eigenvalue weighted by atomic mass is 10.1. The monoisotopic (exact) mass is 479 g/mol. The van der Waals surface area contributed by atoms with Crippen molar-refractivity contribution in [1.29, 1.82) is 0 Å². The number of aromatic nitrogens is 6. The highest BCUT2D eigenvalue weighted by Crippen LogP contribution is 2.36. The molecular weight excluding hydrogens is 456 g/mol. The fourth-order valence-electron chi connectivity index (χ4n) is 4.45. The van der Waals surface area contributed by atoms with Gasteiger partial charge in [0.2, 0.25) is 5.95 Å². The third-order valence-corrected chi connectivity index (χ3v) is 6.40. The molecule has 2 atom stereocenters. The fourth-order valence-corrected chi connectivity index (χ4v) is 4.45. The minimum absolute atomic E-state index is 0.0457. The first-order chi connectivity index (χ1) is 16.9. The number of fused-ring (bicyclic) bond motifs is 1. The van der Waals surface area contributed by atoms with Crippen LogP contribution >= 0.6 is 0 Å². The maximum Gasteiger partial charge on any atom is 0.279 e. The second kappa shape index (κ2) is 8.19. The molecule has 6 rings (SSSR count). The van der Waals surface area contributed by atoms with E-state index in [1.54, 1.807) is 7.05 Å². The quantitative estimate of drug-likeness (QED) is 0.444. The molecule has 11 heteroatoms. The van der Waals surface area contributed by atoms with Gasteiger partial charge in [-0.25, -0.2) is 23.7 Å². The first kappa shape index (κ1) is 21.8. The van der Waals surface area contributed by atoms with Gasteiger partial charge >= 0.3 is 0 Å². The van der Waals surface area contributed by atoms with Gasteiger partial charge in [0.25, 0.3) is 5.56 Å². The maximum atomic E-state index is 14.8. The van der Waals surface area contributed by atoms with Gasteiger partial charge < -0.3 is 14.2 Å². The average Bonchev–Trinajstić information content (AvgIpc) is 3.57. The number of ether oxygens (including phenoxy) is 1. The summed E-state index contributed by atoms with van der Waals surface area (Å²) < 4.78 is 37.8. The number of hydrogen-bond acceptors (Lipinski definition) is 7. The summed E-state index contributed by atoms with van der Waals surface area (Å²) in [5.41, 5.74) is 0.978. The second-order valence-electron chi connectivity index (χ2n) is 9.18. The van der Waals surface area contributed by atoms with Crippen molar-refractivity contribution in [2.75, 3.05) is 18.0 Å². The lowest BCUT2D eigenvalue weighted by Gasteiger charge is -2.36. The number of morpholine rings is 1. The molecule has 9 nitrogen and oxygen atoms in total. The summed E-state index contributed by atoms with van der Waals surface area (Å²) in [5, 5.41) is 4.47. The molecule has 0 amide bonds. The average molecular weight is 479 g/mol. The van der Waals surface area contributed by atoms with Gasteiger partial charge in [0.15, 0.2) is 5.52 Å². The van der Waals surface area contributed by atoms with Crippen molar-refractivity contribution in [3.8, 4) is 11.3 Å². The Kier molecular flexibility index (Phi) is 5.10.